The molecule has 0 amide bonds. The minimum absolute atomic E-state index is 0.265. The van der Waals surface area contributed by atoms with E-state index in [9.17, 15) is 0 Å². The van der Waals surface area contributed by atoms with Crippen LogP contribution in [0.5, 0.6) is 0 Å². The summed E-state index contributed by atoms with van der Waals surface area (Å²) in [4.78, 5) is 10.8. The Labute approximate surface area is 108 Å². The van der Waals surface area contributed by atoms with Crippen LogP contribution in [0.3, 0.4) is 0 Å². The van der Waals surface area contributed by atoms with Gasteiger partial charge in [0, 0.05) is 25.3 Å². The Kier molecular flexibility index (Phi) is 4.01. The fourth-order valence-corrected chi connectivity index (χ4v) is 2.65. The van der Waals surface area contributed by atoms with Crippen molar-refractivity contribution in [1.82, 2.24) is 9.97 Å². The van der Waals surface area contributed by atoms with Crippen molar-refractivity contribution < 1.29 is 5.11 Å². The lowest BCUT2D eigenvalue weighted by molar-refractivity contribution is 0.263. The number of aliphatic hydroxyl groups is 1. The fraction of sp³-hybridized carbons (Fsp3) is 0.692. The van der Waals surface area contributed by atoms with E-state index < -0.39 is 0 Å². The maximum absolute atomic E-state index is 9.01. The summed E-state index contributed by atoms with van der Waals surface area (Å²) in [6.45, 7) is 6.43. The summed E-state index contributed by atoms with van der Waals surface area (Å²) < 4.78 is 0. The molecule has 3 N–H and O–H groups in total. The zero-order valence-electron chi connectivity index (χ0n) is 11.1. The van der Waals surface area contributed by atoms with E-state index in [0.29, 0.717) is 17.7 Å². The van der Waals surface area contributed by atoms with Crippen molar-refractivity contribution in [2.24, 2.45) is 5.92 Å². The van der Waals surface area contributed by atoms with Gasteiger partial charge in [-0.05, 0) is 24.7 Å². The summed E-state index contributed by atoms with van der Waals surface area (Å²) in [5.74, 6) is 2.43. The monoisotopic (exact) mass is 250 g/mol. The number of aliphatic hydroxyl groups excluding tert-OH is 1. The lowest BCUT2D eigenvalue weighted by atomic mass is 10.0. The minimum atomic E-state index is 0.265. The highest BCUT2D eigenvalue weighted by atomic mass is 16.3. The van der Waals surface area contributed by atoms with Crippen molar-refractivity contribution in [2.75, 3.05) is 30.3 Å². The molecule has 1 atom stereocenters. The summed E-state index contributed by atoms with van der Waals surface area (Å²) in [5, 5.41) is 9.01. The number of nitrogens with two attached hydrogens (primary N) is 1. The van der Waals surface area contributed by atoms with Gasteiger partial charge in [0.15, 0.2) is 0 Å². The van der Waals surface area contributed by atoms with Crippen LogP contribution in [-0.4, -0.2) is 34.8 Å². The van der Waals surface area contributed by atoms with Crippen LogP contribution in [0.1, 0.15) is 38.2 Å². The molecule has 1 aromatic heterocycles. The Bertz CT molecular complexity index is 408. The number of anilines is 2. The molecule has 100 valence electrons. The van der Waals surface area contributed by atoms with Gasteiger partial charge in [-0.25, -0.2) is 9.97 Å². The highest BCUT2D eigenvalue weighted by Crippen LogP contribution is 2.32. The van der Waals surface area contributed by atoms with Gasteiger partial charge in [0.1, 0.15) is 18.0 Å². The quantitative estimate of drug-likeness (QED) is 0.844. The summed E-state index contributed by atoms with van der Waals surface area (Å²) in [5.41, 5.74) is 7.01. The maximum Gasteiger partial charge on any atom is 0.137 e. The molecule has 0 bridgehead atoms. The first kappa shape index (κ1) is 13.1. The third kappa shape index (κ3) is 2.56. The standard InChI is InChI=1S/C13H22N4O/c1-9(2)11-12(14)15-8-16-13(11)17-5-3-10(7-17)4-6-18/h8-10,18H,3-7H2,1-2H3,(H2,14,15,16). The van der Waals surface area contributed by atoms with Gasteiger partial charge in [-0.2, -0.15) is 0 Å². The lowest BCUT2D eigenvalue weighted by Gasteiger charge is -2.22. The molecule has 0 radical (unpaired) electrons. The summed E-state index contributed by atoms with van der Waals surface area (Å²) in [6.07, 6.45) is 3.52. The van der Waals surface area contributed by atoms with Crippen molar-refractivity contribution in [2.45, 2.75) is 32.6 Å². The first-order chi connectivity index (χ1) is 8.63. The van der Waals surface area contributed by atoms with Crippen LogP contribution in [0.15, 0.2) is 6.33 Å². The van der Waals surface area contributed by atoms with Gasteiger partial charge in [-0.3, -0.25) is 0 Å². The van der Waals surface area contributed by atoms with Crippen LogP contribution in [-0.2, 0) is 0 Å². The average molecular weight is 250 g/mol. The van der Waals surface area contributed by atoms with Gasteiger partial charge in [0.05, 0.1) is 0 Å². The first-order valence-corrected chi connectivity index (χ1v) is 6.59. The molecule has 0 spiro atoms. The van der Waals surface area contributed by atoms with E-state index in [1.165, 1.54) is 6.33 Å². The second-order valence-electron chi connectivity index (χ2n) is 5.26. The molecule has 0 aromatic carbocycles. The molecule has 1 aromatic rings. The van der Waals surface area contributed by atoms with Crippen LogP contribution >= 0.6 is 0 Å². The Hall–Kier alpha value is -1.36. The normalized spacial score (nSPS) is 19.8. The molecule has 2 heterocycles. The van der Waals surface area contributed by atoms with Crippen molar-refractivity contribution >= 4 is 11.6 Å². The molecule has 2 rings (SSSR count). The molecule has 1 aliphatic heterocycles. The van der Waals surface area contributed by atoms with Crippen LogP contribution in [0, 0.1) is 5.92 Å². The molecule has 1 fully saturated rings. The smallest absolute Gasteiger partial charge is 0.137 e. The summed E-state index contributed by atoms with van der Waals surface area (Å²) in [7, 11) is 0. The second kappa shape index (κ2) is 5.52. The van der Waals surface area contributed by atoms with Crippen molar-refractivity contribution in [1.29, 1.82) is 0 Å². The van der Waals surface area contributed by atoms with E-state index >= 15 is 0 Å². The summed E-state index contributed by atoms with van der Waals surface area (Å²) >= 11 is 0. The molecular weight excluding hydrogens is 228 g/mol. The molecular formula is C13H22N4O. The molecule has 1 aliphatic rings. The van der Waals surface area contributed by atoms with Gasteiger partial charge in [-0.15, -0.1) is 0 Å². The average Bonchev–Trinajstić information content (AvgIpc) is 2.77. The molecule has 0 aliphatic carbocycles. The predicted octanol–water partition coefficient (Wildman–Crippen LogP) is 1.39. The Morgan fingerprint density at radius 1 is 1.50 bits per heavy atom. The van der Waals surface area contributed by atoms with E-state index in [2.05, 4.69) is 28.7 Å². The van der Waals surface area contributed by atoms with E-state index in [1.807, 2.05) is 0 Å². The number of aromatic nitrogens is 2. The lowest BCUT2D eigenvalue weighted by Crippen LogP contribution is -2.23. The first-order valence-electron chi connectivity index (χ1n) is 6.59. The number of rotatable bonds is 4. The van der Waals surface area contributed by atoms with Crippen LogP contribution in [0.4, 0.5) is 11.6 Å². The van der Waals surface area contributed by atoms with Gasteiger partial charge < -0.3 is 15.7 Å². The second-order valence-corrected chi connectivity index (χ2v) is 5.26. The topological polar surface area (TPSA) is 75.3 Å². The van der Waals surface area contributed by atoms with Crippen LogP contribution in [0.2, 0.25) is 0 Å². The number of nitrogen functional groups attached to an aromatic ring is 1. The van der Waals surface area contributed by atoms with Crippen molar-refractivity contribution in [3.8, 4) is 0 Å². The van der Waals surface area contributed by atoms with Gasteiger partial charge in [0.25, 0.3) is 0 Å². The highest BCUT2D eigenvalue weighted by Gasteiger charge is 2.26. The molecule has 18 heavy (non-hydrogen) atoms. The SMILES string of the molecule is CC(C)c1c(N)ncnc1N1CCC(CCO)C1. The predicted molar refractivity (Wildman–Crippen MR) is 72.6 cm³/mol. The molecule has 1 saturated heterocycles. The van der Waals surface area contributed by atoms with Gasteiger partial charge in [0.2, 0.25) is 0 Å². The van der Waals surface area contributed by atoms with Crippen LogP contribution in [0.25, 0.3) is 0 Å². The maximum atomic E-state index is 9.01. The molecule has 1 unspecified atom stereocenters. The third-order valence-electron chi connectivity index (χ3n) is 3.59. The molecule has 5 heteroatoms. The number of hydrogen-bond donors (Lipinski definition) is 2. The van der Waals surface area contributed by atoms with Gasteiger partial charge in [-0.1, -0.05) is 13.8 Å². The minimum Gasteiger partial charge on any atom is -0.396 e. The van der Waals surface area contributed by atoms with E-state index in [1.54, 1.807) is 0 Å². The zero-order valence-corrected chi connectivity index (χ0v) is 11.1. The van der Waals surface area contributed by atoms with E-state index in [4.69, 9.17) is 10.8 Å². The number of nitrogens with zero attached hydrogens (tertiary/aromatic N) is 3. The van der Waals surface area contributed by atoms with Crippen molar-refractivity contribution in [3.63, 3.8) is 0 Å². The van der Waals surface area contributed by atoms with Gasteiger partial charge >= 0.3 is 0 Å². The van der Waals surface area contributed by atoms with Crippen molar-refractivity contribution in [3.05, 3.63) is 11.9 Å². The zero-order chi connectivity index (χ0) is 13.1. The fourth-order valence-electron chi connectivity index (χ4n) is 2.65. The van der Waals surface area contributed by atoms with E-state index in [-0.39, 0.29) is 6.61 Å². The Morgan fingerprint density at radius 3 is 2.94 bits per heavy atom. The highest BCUT2D eigenvalue weighted by molar-refractivity contribution is 5.58. The summed E-state index contributed by atoms with van der Waals surface area (Å²) in [6, 6.07) is 0. The Balaban J connectivity index is 2.21. The van der Waals surface area contributed by atoms with E-state index in [0.717, 1.165) is 37.3 Å². The van der Waals surface area contributed by atoms with Crippen LogP contribution < -0.4 is 10.6 Å². The number of hydrogen-bond acceptors (Lipinski definition) is 5. The molecule has 5 nitrogen and oxygen atoms in total. The third-order valence-corrected chi connectivity index (χ3v) is 3.59. The largest absolute Gasteiger partial charge is 0.396 e. The Morgan fingerprint density at radius 2 is 2.28 bits per heavy atom. The molecule has 0 saturated carbocycles.